The molecule has 0 aromatic heterocycles. The summed E-state index contributed by atoms with van der Waals surface area (Å²) >= 11 is 0. The maximum Gasteiger partial charge on any atom is 0.150 e. The normalized spacial score (nSPS) is 25.5. The van der Waals surface area contributed by atoms with Gasteiger partial charge in [0.15, 0.2) is 9.84 Å². The summed E-state index contributed by atoms with van der Waals surface area (Å²) in [6.45, 7) is 4.54. The van der Waals surface area contributed by atoms with Crippen LogP contribution in [-0.2, 0) is 14.6 Å². The van der Waals surface area contributed by atoms with Crippen molar-refractivity contribution in [2.24, 2.45) is 5.41 Å². The standard InChI is InChI=1S/C17H24O3S/c1-3-17(10-7-11-21(18,19)14-17)13-20-12-15(2)16-8-5-4-6-9-16/h4-6,8-9,12H,3,7,10-11,13-14H2,1-2H3/b15-12-. The Hall–Kier alpha value is -1.29. The van der Waals surface area contributed by atoms with E-state index in [0.717, 1.165) is 30.4 Å². The van der Waals surface area contributed by atoms with Crippen LogP contribution in [0, 0.1) is 5.41 Å². The fourth-order valence-corrected chi connectivity index (χ4v) is 4.98. The maximum atomic E-state index is 11.9. The summed E-state index contributed by atoms with van der Waals surface area (Å²) < 4.78 is 29.5. The highest BCUT2D eigenvalue weighted by Gasteiger charge is 2.38. The van der Waals surface area contributed by atoms with Gasteiger partial charge in [-0.15, -0.1) is 0 Å². The van der Waals surface area contributed by atoms with Crippen molar-refractivity contribution in [2.75, 3.05) is 18.1 Å². The van der Waals surface area contributed by atoms with Crippen LogP contribution in [0.2, 0.25) is 0 Å². The summed E-state index contributed by atoms with van der Waals surface area (Å²) in [7, 11) is -2.91. The van der Waals surface area contributed by atoms with Crippen molar-refractivity contribution in [1.82, 2.24) is 0 Å². The second-order valence-corrected chi connectivity index (χ2v) is 8.21. The van der Waals surface area contributed by atoms with Gasteiger partial charge in [-0.2, -0.15) is 0 Å². The average molecular weight is 308 g/mol. The Morgan fingerprint density at radius 1 is 1.33 bits per heavy atom. The van der Waals surface area contributed by atoms with Gasteiger partial charge in [-0.25, -0.2) is 8.42 Å². The zero-order valence-corrected chi connectivity index (χ0v) is 13.7. The van der Waals surface area contributed by atoms with Crippen molar-refractivity contribution in [3.05, 3.63) is 42.2 Å². The van der Waals surface area contributed by atoms with E-state index in [1.54, 1.807) is 6.26 Å². The van der Waals surface area contributed by atoms with Crippen LogP contribution in [0.5, 0.6) is 0 Å². The maximum absolute atomic E-state index is 11.9. The minimum absolute atomic E-state index is 0.218. The van der Waals surface area contributed by atoms with Crippen molar-refractivity contribution in [1.29, 1.82) is 0 Å². The Kier molecular flexibility index (Phi) is 5.09. The van der Waals surface area contributed by atoms with Crippen molar-refractivity contribution < 1.29 is 13.2 Å². The largest absolute Gasteiger partial charge is 0.500 e. The summed E-state index contributed by atoms with van der Waals surface area (Å²) in [5.41, 5.74) is 1.96. The third kappa shape index (κ3) is 4.34. The number of hydrogen-bond acceptors (Lipinski definition) is 3. The van der Waals surface area contributed by atoms with Gasteiger partial charge >= 0.3 is 0 Å². The van der Waals surface area contributed by atoms with Crippen LogP contribution in [0.15, 0.2) is 36.6 Å². The van der Waals surface area contributed by atoms with Crippen LogP contribution in [0.25, 0.3) is 5.57 Å². The highest BCUT2D eigenvalue weighted by atomic mass is 32.2. The Morgan fingerprint density at radius 3 is 2.67 bits per heavy atom. The van der Waals surface area contributed by atoms with Gasteiger partial charge in [0.1, 0.15) is 0 Å². The molecule has 1 aromatic carbocycles. The fourth-order valence-electron chi connectivity index (χ4n) is 2.89. The Morgan fingerprint density at radius 2 is 2.05 bits per heavy atom. The summed E-state index contributed by atoms with van der Waals surface area (Å²) in [4.78, 5) is 0. The third-order valence-electron chi connectivity index (χ3n) is 4.32. The fraction of sp³-hybridized carbons (Fsp3) is 0.529. The molecular weight excluding hydrogens is 284 g/mol. The van der Waals surface area contributed by atoms with E-state index >= 15 is 0 Å². The van der Waals surface area contributed by atoms with Crippen molar-refractivity contribution >= 4 is 15.4 Å². The van der Waals surface area contributed by atoms with E-state index in [9.17, 15) is 8.42 Å². The number of allylic oxidation sites excluding steroid dienone is 1. The highest BCUT2D eigenvalue weighted by Crippen LogP contribution is 2.35. The molecule has 2 rings (SSSR count). The molecule has 116 valence electrons. The van der Waals surface area contributed by atoms with E-state index < -0.39 is 9.84 Å². The van der Waals surface area contributed by atoms with E-state index in [1.807, 2.05) is 37.3 Å². The quantitative estimate of drug-likeness (QED) is 0.780. The monoisotopic (exact) mass is 308 g/mol. The lowest BCUT2D eigenvalue weighted by molar-refractivity contribution is 0.109. The molecule has 21 heavy (non-hydrogen) atoms. The van der Waals surface area contributed by atoms with Gasteiger partial charge in [-0.05, 0) is 37.3 Å². The molecule has 0 radical (unpaired) electrons. The lowest BCUT2D eigenvalue weighted by Crippen LogP contribution is -2.39. The van der Waals surface area contributed by atoms with E-state index in [-0.39, 0.29) is 11.2 Å². The van der Waals surface area contributed by atoms with Crippen LogP contribution >= 0.6 is 0 Å². The van der Waals surface area contributed by atoms with Gasteiger partial charge in [0.05, 0.1) is 24.4 Å². The van der Waals surface area contributed by atoms with Gasteiger partial charge in [0, 0.05) is 5.41 Å². The lowest BCUT2D eigenvalue weighted by Gasteiger charge is -2.35. The van der Waals surface area contributed by atoms with Gasteiger partial charge < -0.3 is 4.74 Å². The molecule has 0 spiro atoms. The zero-order valence-electron chi connectivity index (χ0n) is 12.8. The van der Waals surface area contributed by atoms with Crippen molar-refractivity contribution in [3.63, 3.8) is 0 Å². The summed E-state index contributed by atoms with van der Waals surface area (Å²) in [6, 6.07) is 10.0. The minimum Gasteiger partial charge on any atom is -0.500 e. The highest BCUT2D eigenvalue weighted by molar-refractivity contribution is 7.91. The Balaban J connectivity index is 2.01. The third-order valence-corrected chi connectivity index (χ3v) is 6.28. The second-order valence-electron chi connectivity index (χ2n) is 6.03. The zero-order chi connectivity index (χ0) is 15.3. The summed E-state index contributed by atoms with van der Waals surface area (Å²) in [5, 5.41) is 0. The molecule has 0 aliphatic carbocycles. The summed E-state index contributed by atoms with van der Waals surface area (Å²) in [5.74, 6) is 0.586. The SMILES string of the molecule is CCC1(CO/C=C(/C)c2ccccc2)CCCS(=O)(=O)C1. The van der Waals surface area contributed by atoms with Gasteiger partial charge in [-0.3, -0.25) is 0 Å². The molecule has 0 amide bonds. The minimum atomic E-state index is -2.91. The number of benzene rings is 1. The van der Waals surface area contributed by atoms with Crippen LogP contribution in [0.1, 0.15) is 38.7 Å². The number of sulfone groups is 1. The number of rotatable bonds is 5. The Labute approximate surface area is 127 Å². The molecule has 1 fully saturated rings. The second kappa shape index (κ2) is 6.65. The molecule has 4 heteroatoms. The summed E-state index contributed by atoms with van der Waals surface area (Å²) in [6.07, 6.45) is 4.28. The molecule has 0 saturated carbocycles. The predicted molar refractivity (Wildman–Crippen MR) is 86.7 cm³/mol. The van der Waals surface area contributed by atoms with Crippen LogP contribution in [0.4, 0.5) is 0 Å². The Bertz CT molecular complexity index is 590. The molecule has 0 N–H and O–H groups in total. The van der Waals surface area contributed by atoms with Crippen LogP contribution < -0.4 is 0 Å². The molecule has 1 heterocycles. The van der Waals surface area contributed by atoms with E-state index in [4.69, 9.17) is 4.74 Å². The predicted octanol–water partition coefficient (Wildman–Crippen LogP) is 3.67. The van der Waals surface area contributed by atoms with Gasteiger partial charge in [0.2, 0.25) is 0 Å². The van der Waals surface area contributed by atoms with Crippen molar-refractivity contribution in [2.45, 2.75) is 33.1 Å². The molecule has 1 aliphatic heterocycles. The molecule has 0 bridgehead atoms. The van der Waals surface area contributed by atoms with E-state index in [2.05, 4.69) is 6.92 Å². The van der Waals surface area contributed by atoms with Crippen molar-refractivity contribution in [3.8, 4) is 0 Å². The molecule has 1 aromatic rings. The molecular formula is C17H24O3S. The van der Waals surface area contributed by atoms with E-state index in [1.165, 1.54) is 0 Å². The molecule has 1 saturated heterocycles. The first-order valence-electron chi connectivity index (χ1n) is 7.51. The smallest absolute Gasteiger partial charge is 0.150 e. The molecule has 1 atom stereocenters. The first-order valence-corrected chi connectivity index (χ1v) is 9.33. The molecule has 3 nitrogen and oxygen atoms in total. The average Bonchev–Trinajstić information content (AvgIpc) is 2.47. The first kappa shape index (κ1) is 16.1. The molecule has 1 unspecified atom stereocenters. The van der Waals surface area contributed by atoms with Gasteiger partial charge in [0.25, 0.3) is 0 Å². The number of ether oxygens (including phenoxy) is 1. The first-order chi connectivity index (χ1) is 9.96. The van der Waals surface area contributed by atoms with E-state index in [0.29, 0.717) is 12.4 Å². The van der Waals surface area contributed by atoms with Crippen LogP contribution in [0.3, 0.4) is 0 Å². The van der Waals surface area contributed by atoms with Gasteiger partial charge in [-0.1, -0.05) is 37.3 Å². The lowest BCUT2D eigenvalue weighted by atomic mass is 9.83. The molecule has 1 aliphatic rings. The number of hydrogen-bond donors (Lipinski definition) is 0. The topological polar surface area (TPSA) is 43.4 Å². The van der Waals surface area contributed by atoms with Crippen LogP contribution in [-0.4, -0.2) is 26.5 Å².